The summed E-state index contributed by atoms with van der Waals surface area (Å²) in [5.41, 5.74) is 3.79. The van der Waals surface area contributed by atoms with Crippen molar-refractivity contribution in [1.29, 1.82) is 0 Å². The van der Waals surface area contributed by atoms with Gasteiger partial charge in [-0.3, -0.25) is 9.13 Å². The Morgan fingerprint density at radius 2 is 1.51 bits per heavy atom. The molecule has 11 heteroatoms. The normalized spacial score (nSPS) is 17.7. The SMILES string of the molecule is COc1cc2c(cc1OC)-c1cc(=Nc3c(OC)cc(C)cc3OC)n(C3CC(NC(=O)OC(C)(C)C)C3)c(=O)n1CC2. The van der Waals surface area contributed by atoms with Gasteiger partial charge in [0.25, 0.3) is 0 Å². The molecule has 1 N–H and O–H groups in total. The summed E-state index contributed by atoms with van der Waals surface area (Å²) in [6, 6.07) is 9.26. The van der Waals surface area contributed by atoms with E-state index in [2.05, 4.69) is 5.32 Å². The topological polar surface area (TPSA) is 115 Å². The highest BCUT2D eigenvalue weighted by Crippen LogP contribution is 2.40. The number of amides is 1. The molecule has 1 aliphatic heterocycles. The van der Waals surface area contributed by atoms with Gasteiger partial charge in [-0.05, 0) is 82.3 Å². The van der Waals surface area contributed by atoms with Crippen LogP contribution in [0.3, 0.4) is 0 Å². The Kier molecular flexibility index (Phi) is 8.18. The van der Waals surface area contributed by atoms with Gasteiger partial charge in [-0.1, -0.05) is 0 Å². The molecule has 2 aromatic carbocycles. The second-order valence-corrected chi connectivity index (χ2v) is 11.9. The highest BCUT2D eigenvalue weighted by Gasteiger charge is 2.35. The number of fused-ring (bicyclic) bond motifs is 3. The molecule has 1 aliphatic carbocycles. The van der Waals surface area contributed by atoms with Crippen LogP contribution in [0.5, 0.6) is 23.0 Å². The molecule has 1 amide bonds. The number of nitrogens with one attached hydrogen (secondary N) is 1. The fourth-order valence-electron chi connectivity index (χ4n) is 5.71. The molecule has 1 saturated carbocycles. The van der Waals surface area contributed by atoms with E-state index >= 15 is 0 Å². The molecule has 2 heterocycles. The average molecular weight is 593 g/mol. The van der Waals surface area contributed by atoms with Gasteiger partial charge in [-0.15, -0.1) is 0 Å². The minimum absolute atomic E-state index is 0.124. The van der Waals surface area contributed by atoms with Gasteiger partial charge in [0.2, 0.25) is 0 Å². The Morgan fingerprint density at radius 1 is 0.907 bits per heavy atom. The van der Waals surface area contributed by atoms with Crippen LogP contribution in [-0.2, 0) is 17.7 Å². The van der Waals surface area contributed by atoms with E-state index in [0.29, 0.717) is 60.0 Å². The number of hydrogen-bond acceptors (Lipinski definition) is 8. The summed E-state index contributed by atoms with van der Waals surface area (Å²) in [7, 11) is 6.36. The summed E-state index contributed by atoms with van der Waals surface area (Å²) in [6.45, 7) is 7.92. The van der Waals surface area contributed by atoms with Gasteiger partial charge in [0, 0.05) is 30.3 Å². The lowest BCUT2D eigenvalue weighted by Gasteiger charge is -2.38. The monoisotopic (exact) mass is 592 g/mol. The van der Waals surface area contributed by atoms with Gasteiger partial charge < -0.3 is 29.0 Å². The predicted molar refractivity (Wildman–Crippen MR) is 162 cm³/mol. The molecule has 1 aromatic heterocycles. The number of alkyl carbamates (subject to hydrolysis) is 1. The van der Waals surface area contributed by atoms with Gasteiger partial charge >= 0.3 is 11.8 Å². The Balaban J connectivity index is 1.65. The van der Waals surface area contributed by atoms with E-state index < -0.39 is 11.7 Å². The average Bonchev–Trinajstić information content (AvgIpc) is 2.94. The van der Waals surface area contributed by atoms with Gasteiger partial charge in [-0.25, -0.2) is 14.6 Å². The fourth-order valence-corrected chi connectivity index (χ4v) is 5.71. The first-order valence-electron chi connectivity index (χ1n) is 14.3. The molecule has 0 radical (unpaired) electrons. The molecule has 3 aromatic rings. The van der Waals surface area contributed by atoms with Crippen molar-refractivity contribution in [3.05, 3.63) is 57.4 Å². The molecule has 11 nitrogen and oxygen atoms in total. The molecule has 0 atom stereocenters. The minimum atomic E-state index is -0.597. The first-order chi connectivity index (χ1) is 20.5. The van der Waals surface area contributed by atoms with Crippen LogP contribution < -0.4 is 35.4 Å². The maximum Gasteiger partial charge on any atom is 0.407 e. The number of carbonyl (C=O) groups is 1. The summed E-state index contributed by atoms with van der Waals surface area (Å²) >= 11 is 0. The molecule has 0 unspecified atom stereocenters. The zero-order valence-electron chi connectivity index (χ0n) is 26.1. The van der Waals surface area contributed by atoms with Crippen LogP contribution in [0, 0.1) is 6.92 Å². The van der Waals surface area contributed by atoms with Crippen molar-refractivity contribution in [3.63, 3.8) is 0 Å². The Bertz CT molecular complexity index is 1650. The van der Waals surface area contributed by atoms with Crippen molar-refractivity contribution in [2.45, 2.75) is 71.2 Å². The second kappa shape index (κ2) is 11.7. The number of hydrogen-bond donors (Lipinski definition) is 1. The number of benzene rings is 2. The van der Waals surface area contributed by atoms with Crippen LogP contribution in [0.1, 0.15) is 50.8 Å². The lowest BCUT2D eigenvalue weighted by Crippen LogP contribution is -2.52. The maximum absolute atomic E-state index is 14.3. The van der Waals surface area contributed by atoms with Crippen LogP contribution in [0.4, 0.5) is 10.5 Å². The van der Waals surface area contributed by atoms with Gasteiger partial charge in [-0.2, -0.15) is 0 Å². The first-order valence-corrected chi connectivity index (χ1v) is 14.3. The lowest BCUT2D eigenvalue weighted by molar-refractivity contribution is 0.0453. The van der Waals surface area contributed by atoms with Crippen molar-refractivity contribution in [2.75, 3.05) is 28.4 Å². The number of rotatable bonds is 7. The van der Waals surface area contributed by atoms with Crippen molar-refractivity contribution in [1.82, 2.24) is 14.5 Å². The van der Waals surface area contributed by atoms with E-state index in [0.717, 1.165) is 22.4 Å². The van der Waals surface area contributed by atoms with Crippen LogP contribution in [0.25, 0.3) is 11.3 Å². The molecular weight excluding hydrogens is 552 g/mol. The number of nitrogens with zero attached hydrogens (tertiary/aromatic N) is 3. The number of aryl methyl sites for hydroxylation is 2. The molecule has 5 rings (SSSR count). The zero-order chi connectivity index (χ0) is 31.1. The highest BCUT2D eigenvalue weighted by atomic mass is 16.6. The van der Waals surface area contributed by atoms with Crippen molar-refractivity contribution in [3.8, 4) is 34.3 Å². The standard InChI is InChI=1S/C32H40N4O7/c1-18-11-26(41-7)29(27(12-18)42-8)34-28-17-23-22-16-25(40-6)24(39-5)13-19(22)9-10-35(23)31(38)36(28)21-14-20(15-21)33-30(37)43-32(2,3)4/h11-13,16-17,20-21H,9-10,14-15H2,1-8H3,(H,33,37). The fraction of sp³-hybridized carbons (Fsp3) is 0.469. The van der Waals surface area contributed by atoms with Crippen molar-refractivity contribution >= 4 is 11.8 Å². The lowest BCUT2D eigenvalue weighted by atomic mass is 9.86. The van der Waals surface area contributed by atoms with Crippen LogP contribution in [0.15, 0.2) is 40.1 Å². The van der Waals surface area contributed by atoms with E-state index in [1.165, 1.54) is 0 Å². The van der Waals surface area contributed by atoms with Crippen molar-refractivity contribution < 1.29 is 28.5 Å². The Morgan fingerprint density at radius 3 is 2.09 bits per heavy atom. The van der Waals surface area contributed by atoms with Gasteiger partial charge in [0.1, 0.15) is 28.3 Å². The second-order valence-electron chi connectivity index (χ2n) is 11.9. The molecule has 1 fully saturated rings. The first kappa shape index (κ1) is 30.1. The Hall–Kier alpha value is -4.41. The van der Waals surface area contributed by atoms with Crippen molar-refractivity contribution in [2.24, 2.45) is 4.99 Å². The summed E-state index contributed by atoms with van der Waals surface area (Å²) in [5, 5.41) is 2.92. The van der Waals surface area contributed by atoms with E-state index in [9.17, 15) is 9.59 Å². The largest absolute Gasteiger partial charge is 0.494 e. The molecular formula is C32H40N4O7. The third kappa shape index (κ3) is 5.93. The van der Waals surface area contributed by atoms with Crippen LogP contribution >= 0.6 is 0 Å². The number of methoxy groups -OCH3 is 4. The molecule has 230 valence electrons. The molecule has 2 aliphatic rings. The predicted octanol–water partition coefficient (Wildman–Crippen LogP) is 4.68. The van der Waals surface area contributed by atoms with E-state index in [4.69, 9.17) is 28.7 Å². The number of aromatic nitrogens is 2. The van der Waals surface area contributed by atoms with Gasteiger partial charge in [0.15, 0.2) is 11.5 Å². The summed E-state index contributed by atoms with van der Waals surface area (Å²) < 4.78 is 31.4. The minimum Gasteiger partial charge on any atom is -0.494 e. The van der Waals surface area contributed by atoms with E-state index in [1.807, 2.05) is 58.0 Å². The Labute approximate surface area is 251 Å². The molecule has 0 spiro atoms. The number of carbonyl (C=O) groups excluding carboxylic acids is 1. The van der Waals surface area contributed by atoms with Gasteiger partial charge in [0.05, 0.1) is 34.1 Å². The third-order valence-corrected chi connectivity index (χ3v) is 7.78. The summed E-state index contributed by atoms with van der Waals surface area (Å²) in [4.78, 5) is 31.7. The van der Waals surface area contributed by atoms with E-state index in [1.54, 1.807) is 37.6 Å². The molecule has 43 heavy (non-hydrogen) atoms. The van der Waals surface area contributed by atoms with Crippen LogP contribution in [-0.4, -0.2) is 55.3 Å². The zero-order valence-corrected chi connectivity index (χ0v) is 26.1. The third-order valence-electron chi connectivity index (χ3n) is 7.78. The smallest absolute Gasteiger partial charge is 0.407 e. The van der Waals surface area contributed by atoms with Crippen LogP contribution in [0.2, 0.25) is 0 Å². The summed E-state index contributed by atoms with van der Waals surface area (Å²) in [5.74, 6) is 2.28. The quantitative estimate of drug-likeness (QED) is 0.424. The number of ether oxygens (including phenoxy) is 5. The van der Waals surface area contributed by atoms with E-state index in [-0.39, 0.29) is 17.8 Å². The summed E-state index contributed by atoms with van der Waals surface area (Å²) in [6.07, 6.45) is 1.31. The highest BCUT2D eigenvalue weighted by molar-refractivity contribution is 5.70. The maximum atomic E-state index is 14.3. The molecule has 0 bridgehead atoms. The molecule has 0 saturated heterocycles.